The maximum absolute atomic E-state index is 12.8. The number of pyridine rings is 1. The summed E-state index contributed by atoms with van der Waals surface area (Å²) in [6.07, 6.45) is 4.01. The van der Waals surface area contributed by atoms with Crippen LogP contribution in [0, 0.1) is 6.92 Å². The quantitative estimate of drug-likeness (QED) is 0.430. The molecule has 1 aliphatic heterocycles. The van der Waals surface area contributed by atoms with Crippen LogP contribution in [0.25, 0.3) is 11.1 Å². The molecule has 33 heavy (non-hydrogen) atoms. The molecule has 10 heteroatoms. The monoisotopic (exact) mass is 503 g/mol. The minimum atomic E-state index is 0.0196. The smallest absolute Gasteiger partial charge is 0.256 e. The van der Waals surface area contributed by atoms with Gasteiger partial charge in [0, 0.05) is 49.1 Å². The van der Waals surface area contributed by atoms with Crippen LogP contribution in [0.2, 0.25) is 0 Å². The number of nitrogens with one attached hydrogen (secondary N) is 1. The standard InChI is InChI=1S/C23H29N5O2S3/c1-16-14-19(31-2)21(22(24-16)32-3)26-20(29)15-28-10-8-27(9-11-28)12-13-33-23-25-17-6-4-5-7-18(17)30-23/h4-7,14H,8-13,15H2,1-3H3,(H,26,29). The van der Waals surface area contributed by atoms with Crippen molar-refractivity contribution >= 4 is 58.0 Å². The van der Waals surface area contributed by atoms with Crippen LogP contribution in [0.1, 0.15) is 5.69 Å². The summed E-state index contributed by atoms with van der Waals surface area (Å²) in [6, 6.07) is 9.87. The maximum atomic E-state index is 12.8. The molecule has 4 rings (SSSR count). The Bertz CT molecular complexity index is 1040. The fraction of sp³-hybridized carbons (Fsp3) is 0.435. The number of carbonyl (C=O) groups excluding carboxylic acids is 1. The topological polar surface area (TPSA) is 74.5 Å². The Labute approximate surface area is 207 Å². The second-order valence-electron chi connectivity index (χ2n) is 7.81. The molecule has 0 radical (unpaired) electrons. The molecule has 2 aromatic heterocycles. The summed E-state index contributed by atoms with van der Waals surface area (Å²) in [5.41, 5.74) is 3.54. The van der Waals surface area contributed by atoms with Crippen molar-refractivity contribution < 1.29 is 9.21 Å². The number of anilines is 1. The van der Waals surface area contributed by atoms with Crippen molar-refractivity contribution in [2.45, 2.75) is 22.1 Å². The first-order valence-corrected chi connectivity index (χ1v) is 14.3. The molecule has 7 nitrogen and oxygen atoms in total. The molecule has 0 atom stereocenters. The van der Waals surface area contributed by atoms with E-state index < -0.39 is 0 Å². The predicted molar refractivity (Wildman–Crippen MR) is 139 cm³/mol. The average Bonchev–Trinajstić information content (AvgIpc) is 3.23. The van der Waals surface area contributed by atoms with Crippen LogP contribution in [0.3, 0.4) is 0 Å². The molecule has 1 saturated heterocycles. The summed E-state index contributed by atoms with van der Waals surface area (Å²) in [7, 11) is 0. The predicted octanol–water partition coefficient (Wildman–Crippen LogP) is 4.32. The lowest BCUT2D eigenvalue weighted by Crippen LogP contribution is -2.49. The Kier molecular flexibility index (Phi) is 8.59. The van der Waals surface area contributed by atoms with Gasteiger partial charge in [-0.15, -0.1) is 23.5 Å². The number of rotatable bonds is 9. The Hall–Kier alpha value is -1.72. The molecule has 1 aromatic carbocycles. The summed E-state index contributed by atoms with van der Waals surface area (Å²) in [6.45, 7) is 7.05. The first kappa shape index (κ1) is 24.4. The first-order valence-electron chi connectivity index (χ1n) is 10.9. The van der Waals surface area contributed by atoms with Gasteiger partial charge in [0.25, 0.3) is 5.22 Å². The van der Waals surface area contributed by atoms with E-state index in [9.17, 15) is 4.79 Å². The van der Waals surface area contributed by atoms with Crippen molar-refractivity contribution in [3.05, 3.63) is 36.0 Å². The maximum Gasteiger partial charge on any atom is 0.256 e. The van der Waals surface area contributed by atoms with Gasteiger partial charge in [0.2, 0.25) is 5.91 Å². The summed E-state index contributed by atoms with van der Waals surface area (Å²) < 4.78 is 5.78. The van der Waals surface area contributed by atoms with Crippen molar-refractivity contribution in [3.8, 4) is 0 Å². The van der Waals surface area contributed by atoms with E-state index in [1.807, 2.05) is 49.8 Å². The zero-order valence-electron chi connectivity index (χ0n) is 19.2. The zero-order valence-corrected chi connectivity index (χ0v) is 21.6. The van der Waals surface area contributed by atoms with Gasteiger partial charge in [0.1, 0.15) is 10.5 Å². The van der Waals surface area contributed by atoms with Gasteiger partial charge in [-0.05, 0) is 37.6 Å². The highest BCUT2D eigenvalue weighted by molar-refractivity contribution is 7.99. The number of thioether (sulfide) groups is 3. The van der Waals surface area contributed by atoms with Gasteiger partial charge in [-0.25, -0.2) is 9.97 Å². The molecule has 3 aromatic rings. The number of fused-ring (bicyclic) bond motifs is 1. The third-order valence-corrected chi connectivity index (χ3v) is 7.75. The highest BCUT2D eigenvalue weighted by Gasteiger charge is 2.20. The van der Waals surface area contributed by atoms with Gasteiger partial charge in [0.15, 0.2) is 5.58 Å². The second-order valence-corrected chi connectivity index (χ2v) is 10.5. The molecular weight excluding hydrogens is 474 g/mol. The number of amides is 1. The number of hydrogen-bond donors (Lipinski definition) is 1. The summed E-state index contributed by atoms with van der Waals surface area (Å²) >= 11 is 4.85. The van der Waals surface area contributed by atoms with Crippen molar-refractivity contribution in [1.82, 2.24) is 19.8 Å². The average molecular weight is 504 g/mol. The number of nitrogens with zero attached hydrogens (tertiary/aromatic N) is 4. The highest BCUT2D eigenvalue weighted by atomic mass is 32.2. The number of carbonyl (C=O) groups is 1. The van der Waals surface area contributed by atoms with Gasteiger partial charge in [-0.1, -0.05) is 23.9 Å². The second kappa shape index (κ2) is 11.6. The van der Waals surface area contributed by atoms with E-state index in [0.29, 0.717) is 6.54 Å². The summed E-state index contributed by atoms with van der Waals surface area (Å²) in [5.74, 6) is 0.953. The van der Waals surface area contributed by atoms with E-state index in [-0.39, 0.29) is 5.91 Å². The number of benzene rings is 1. The third kappa shape index (κ3) is 6.45. The molecule has 1 N–H and O–H groups in total. The van der Waals surface area contributed by atoms with Gasteiger partial charge >= 0.3 is 0 Å². The molecule has 0 spiro atoms. The first-order chi connectivity index (χ1) is 16.1. The molecule has 0 unspecified atom stereocenters. The van der Waals surface area contributed by atoms with Crippen LogP contribution in [-0.4, -0.2) is 83.2 Å². The minimum absolute atomic E-state index is 0.0196. The SMILES string of the molecule is CSc1cc(C)nc(SC)c1NC(=O)CN1CCN(CCSc2nc3ccccc3o2)CC1. The van der Waals surface area contributed by atoms with Crippen LogP contribution in [0.15, 0.2) is 49.9 Å². The van der Waals surface area contributed by atoms with Gasteiger partial charge < -0.3 is 9.73 Å². The van der Waals surface area contributed by atoms with Crippen molar-refractivity contribution in [1.29, 1.82) is 0 Å². The number of piperazine rings is 1. The molecule has 176 valence electrons. The number of aryl methyl sites for hydroxylation is 1. The lowest BCUT2D eigenvalue weighted by molar-refractivity contribution is -0.117. The van der Waals surface area contributed by atoms with E-state index in [1.54, 1.807) is 35.3 Å². The fourth-order valence-corrected chi connectivity index (χ4v) is 5.91. The van der Waals surface area contributed by atoms with Gasteiger partial charge in [-0.2, -0.15) is 0 Å². The molecule has 1 amide bonds. The molecule has 1 fully saturated rings. The van der Waals surface area contributed by atoms with Crippen LogP contribution in [0.5, 0.6) is 0 Å². The van der Waals surface area contributed by atoms with Crippen LogP contribution in [0.4, 0.5) is 5.69 Å². The summed E-state index contributed by atoms with van der Waals surface area (Å²) in [5, 5.41) is 4.71. The number of aromatic nitrogens is 2. The summed E-state index contributed by atoms with van der Waals surface area (Å²) in [4.78, 5) is 27.6. The molecular formula is C23H29N5O2S3. The largest absolute Gasteiger partial charge is 0.431 e. The number of oxazole rings is 1. The van der Waals surface area contributed by atoms with Crippen LogP contribution >= 0.6 is 35.3 Å². The lowest BCUT2D eigenvalue weighted by Gasteiger charge is -2.34. The van der Waals surface area contributed by atoms with Crippen molar-refractivity contribution in [3.63, 3.8) is 0 Å². The highest BCUT2D eigenvalue weighted by Crippen LogP contribution is 2.33. The Morgan fingerprint density at radius 2 is 1.85 bits per heavy atom. The zero-order chi connectivity index (χ0) is 23.2. The van der Waals surface area contributed by atoms with E-state index in [4.69, 9.17) is 4.42 Å². The van der Waals surface area contributed by atoms with Crippen LogP contribution in [-0.2, 0) is 4.79 Å². The van der Waals surface area contributed by atoms with E-state index in [0.717, 1.165) is 76.1 Å². The Morgan fingerprint density at radius 3 is 2.58 bits per heavy atom. The Morgan fingerprint density at radius 1 is 1.09 bits per heavy atom. The Balaban J connectivity index is 1.21. The van der Waals surface area contributed by atoms with Gasteiger partial charge in [0.05, 0.1) is 12.2 Å². The molecule has 0 bridgehead atoms. The van der Waals surface area contributed by atoms with Gasteiger partial charge in [-0.3, -0.25) is 14.6 Å². The molecule has 1 aliphatic rings. The number of hydrogen-bond acceptors (Lipinski definition) is 9. The molecule has 3 heterocycles. The minimum Gasteiger partial charge on any atom is -0.431 e. The molecule has 0 aliphatic carbocycles. The third-order valence-electron chi connectivity index (χ3n) is 5.50. The lowest BCUT2D eigenvalue weighted by atomic mass is 10.3. The van der Waals surface area contributed by atoms with Crippen LogP contribution < -0.4 is 5.32 Å². The fourth-order valence-electron chi connectivity index (χ4n) is 3.77. The van der Waals surface area contributed by atoms with Crippen molar-refractivity contribution in [2.75, 3.05) is 62.8 Å². The van der Waals surface area contributed by atoms with E-state index in [1.165, 1.54) is 0 Å². The van der Waals surface area contributed by atoms with Crippen molar-refractivity contribution in [2.24, 2.45) is 0 Å². The van der Waals surface area contributed by atoms with E-state index >= 15 is 0 Å². The van der Waals surface area contributed by atoms with E-state index in [2.05, 4.69) is 25.1 Å². The number of para-hydroxylation sites is 2. The molecule has 0 saturated carbocycles. The normalized spacial score (nSPS) is 15.2.